The molecule has 1 N–H and O–H groups in total. The van der Waals surface area contributed by atoms with Crippen molar-refractivity contribution in [1.29, 1.82) is 0 Å². The topological polar surface area (TPSA) is 72.3 Å². The van der Waals surface area contributed by atoms with Gasteiger partial charge in [-0.05, 0) is 36.2 Å². The maximum Gasteiger partial charge on any atom is 0.317 e. The van der Waals surface area contributed by atoms with E-state index in [1.54, 1.807) is 46.4 Å². The fourth-order valence-corrected chi connectivity index (χ4v) is 3.36. The SMILES string of the molecule is O=C(NCc1ccc(Oc2cccnc2)c(F)c1)N1CCC(n2cc(Cl)cn2)C1. The van der Waals surface area contributed by atoms with Crippen LogP contribution in [0.25, 0.3) is 0 Å². The van der Waals surface area contributed by atoms with Crippen LogP contribution in [-0.2, 0) is 6.54 Å². The number of carbonyl (C=O) groups is 1. The van der Waals surface area contributed by atoms with Crippen molar-refractivity contribution in [2.24, 2.45) is 0 Å². The number of rotatable bonds is 5. The van der Waals surface area contributed by atoms with Gasteiger partial charge in [0.1, 0.15) is 5.75 Å². The normalized spacial score (nSPS) is 16.1. The van der Waals surface area contributed by atoms with Crippen LogP contribution in [0, 0.1) is 5.82 Å². The molecule has 29 heavy (non-hydrogen) atoms. The summed E-state index contributed by atoms with van der Waals surface area (Å²) >= 11 is 5.91. The van der Waals surface area contributed by atoms with Crippen molar-refractivity contribution in [2.75, 3.05) is 13.1 Å². The molecule has 1 aromatic carbocycles. The summed E-state index contributed by atoms with van der Waals surface area (Å²) in [6.07, 6.45) is 7.27. The summed E-state index contributed by atoms with van der Waals surface area (Å²) in [5, 5.41) is 7.61. The molecule has 1 fully saturated rings. The first-order chi connectivity index (χ1) is 14.1. The monoisotopic (exact) mass is 415 g/mol. The van der Waals surface area contributed by atoms with Crippen molar-refractivity contribution in [3.05, 3.63) is 71.5 Å². The minimum absolute atomic E-state index is 0.105. The summed E-state index contributed by atoms with van der Waals surface area (Å²) in [6.45, 7) is 1.40. The molecule has 0 radical (unpaired) electrons. The smallest absolute Gasteiger partial charge is 0.317 e. The summed E-state index contributed by atoms with van der Waals surface area (Å²) < 4.78 is 21.6. The number of pyridine rings is 1. The Morgan fingerprint density at radius 3 is 2.97 bits per heavy atom. The van der Waals surface area contributed by atoms with E-state index in [-0.39, 0.29) is 24.4 Å². The predicted octanol–water partition coefficient (Wildman–Crippen LogP) is 4.02. The molecule has 1 aliphatic rings. The number of benzene rings is 1. The first-order valence-electron chi connectivity index (χ1n) is 9.17. The third kappa shape index (κ3) is 4.65. The molecule has 0 saturated carbocycles. The predicted molar refractivity (Wildman–Crippen MR) is 105 cm³/mol. The van der Waals surface area contributed by atoms with E-state index in [1.807, 2.05) is 0 Å². The van der Waals surface area contributed by atoms with E-state index in [2.05, 4.69) is 15.4 Å². The van der Waals surface area contributed by atoms with Gasteiger partial charge in [-0.25, -0.2) is 9.18 Å². The number of likely N-dealkylation sites (tertiary alicyclic amines) is 1. The van der Waals surface area contributed by atoms with Gasteiger partial charge in [-0.2, -0.15) is 5.10 Å². The van der Waals surface area contributed by atoms with E-state index >= 15 is 0 Å². The van der Waals surface area contributed by atoms with Crippen LogP contribution in [0.5, 0.6) is 11.5 Å². The van der Waals surface area contributed by atoms with Crippen molar-refractivity contribution >= 4 is 17.6 Å². The van der Waals surface area contributed by atoms with Gasteiger partial charge in [-0.1, -0.05) is 17.7 Å². The molecule has 2 aromatic heterocycles. The van der Waals surface area contributed by atoms with Crippen molar-refractivity contribution in [3.8, 4) is 11.5 Å². The number of nitrogens with one attached hydrogen (secondary N) is 1. The minimum atomic E-state index is -0.502. The second-order valence-corrected chi connectivity index (χ2v) is 7.18. The van der Waals surface area contributed by atoms with Gasteiger partial charge in [-0.3, -0.25) is 9.67 Å². The number of carbonyl (C=O) groups excluding carboxylic acids is 1. The fraction of sp³-hybridized carbons (Fsp3) is 0.250. The highest BCUT2D eigenvalue weighted by atomic mass is 35.5. The lowest BCUT2D eigenvalue weighted by atomic mass is 10.2. The van der Waals surface area contributed by atoms with Crippen LogP contribution in [0.1, 0.15) is 18.0 Å². The zero-order chi connectivity index (χ0) is 20.2. The molecule has 4 rings (SSSR count). The van der Waals surface area contributed by atoms with Crippen molar-refractivity contribution in [3.63, 3.8) is 0 Å². The van der Waals surface area contributed by atoms with E-state index in [0.717, 1.165) is 6.42 Å². The lowest BCUT2D eigenvalue weighted by Gasteiger charge is -2.17. The first-order valence-corrected chi connectivity index (χ1v) is 9.55. The number of halogens is 2. The molecule has 0 aliphatic carbocycles. The van der Waals surface area contributed by atoms with E-state index in [1.165, 1.54) is 18.3 Å². The van der Waals surface area contributed by atoms with Gasteiger partial charge < -0.3 is 15.0 Å². The van der Waals surface area contributed by atoms with Crippen LogP contribution in [-0.4, -0.2) is 38.8 Å². The zero-order valence-corrected chi connectivity index (χ0v) is 16.2. The van der Waals surface area contributed by atoms with E-state index < -0.39 is 5.82 Å². The van der Waals surface area contributed by atoms with Gasteiger partial charge in [-0.15, -0.1) is 0 Å². The lowest BCUT2D eigenvalue weighted by molar-refractivity contribution is 0.206. The van der Waals surface area contributed by atoms with Gasteiger partial charge in [0.25, 0.3) is 0 Å². The maximum absolute atomic E-state index is 14.3. The van der Waals surface area contributed by atoms with Gasteiger partial charge in [0.15, 0.2) is 11.6 Å². The van der Waals surface area contributed by atoms with Gasteiger partial charge >= 0.3 is 6.03 Å². The largest absolute Gasteiger partial charge is 0.453 e. The molecular weight excluding hydrogens is 397 g/mol. The highest BCUT2D eigenvalue weighted by molar-refractivity contribution is 6.30. The van der Waals surface area contributed by atoms with E-state index in [4.69, 9.17) is 16.3 Å². The van der Waals surface area contributed by atoms with Crippen molar-refractivity contribution in [2.45, 2.75) is 19.0 Å². The lowest BCUT2D eigenvalue weighted by Crippen LogP contribution is -2.38. The molecule has 150 valence electrons. The Hall–Kier alpha value is -3.13. The van der Waals surface area contributed by atoms with E-state index in [9.17, 15) is 9.18 Å². The Balaban J connectivity index is 1.31. The molecule has 1 atom stereocenters. The van der Waals surface area contributed by atoms with Gasteiger partial charge in [0.2, 0.25) is 0 Å². The number of aromatic nitrogens is 3. The second kappa shape index (κ2) is 8.48. The Labute approximate surface area is 172 Å². The van der Waals surface area contributed by atoms with Gasteiger partial charge in [0, 0.05) is 32.0 Å². The van der Waals surface area contributed by atoms with Crippen molar-refractivity contribution in [1.82, 2.24) is 25.0 Å². The Kier molecular flexibility index (Phi) is 5.62. The highest BCUT2D eigenvalue weighted by Crippen LogP contribution is 2.25. The molecule has 0 bridgehead atoms. The number of ether oxygens (including phenoxy) is 1. The number of hydrogen-bond acceptors (Lipinski definition) is 4. The first kappa shape index (κ1) is 19.2. The number of amides is 2. The van der Waals surface area contributed by atoms with E-state index in [0.29, 0.717) is 29.4 Å². The third-order valence-corrected chi connectivity index (χ3v) is 4.89. The fourth-order valence-electron chi connectivity index (χ4n) is 3.22. The Morgan fingerprint density at radius 1 is 1.34 bits per heavy atom. The molecule has 9 heteroatoms. The molecule has 3 aromatic rings. The third-order valence-electron chi connectivity index (χ3n) is 4.70. The minimum Gasteiger partial charge on any atom is -0.453 e. The molecule has 2 amide bonds. The molecular formula is C20H19ClFN5O2. The number of urea groups is 1. The molecule has 0 spiro atoms. The summed E-state index contributed by atoms with van der Waals surface area (Å²) in [5.41, 5.74) is 0.643. The molecule has 1 unspecified atom stereocenters. The summed E-state index contributed by atoms with van der Waals surface area (Å²) in [6, 6.07) is 7.92. The summed E-state index contributed by atoms with van der Waals surface area (Å²) in [5.74, 6) is 0.0558. The molecule has 1 aliphatic heterocycles. The number of hydrogen-bond donors (Lipinski definition) is 1. The highest BCUT2D eigenvalue weighted by Gasteiger charge is 2.27. The summed E-state index contributed by atoms with van der Waals surface area (Å²) in [7, 11) is 0. The zero-order valence-electron chi connectivity index (χ0n) is 15.5. The average Bonchev–Trinajstić information content (AvgIpc) is 3.38. The van der Waals surface area contributed by atoms with Crippen LogP contribution >= 0.6 is 11.6 Å². The quantitative estimate of drug-likeness (QED) is 0.683. The molecule has 7 nitrogen and oxygen atoms in total. The number of nitrogens with zero attached hydrogens (tertiary/aromatic N) is 4. The van der Waals surface area contributed by atoms with Crippen molar-refractivity contribution < 1.29 is 13.9 Å². The standard InChI is InChI=1S/C20H19ClFN5O2/c21-15-10-25-27(12-15)16-5-7-26(13-16)20(28)24-9-14-3-4-19(18(22)8-14)29-17-2-1-6-23-11-17/h1-4,6,8,10-12,16H,5,7,9,13H2,(H,24,28). The Bertz CT molecular complexity index is 998. The molecule has 3 heterocycles. The average molecular weight is 416 g/mol. The maximum atomic E-state index is 14.3. The molecule has 1 saturated heterocycles. The van der Waals surface area contributed by atoms with Crippen LogP contribution in [0.3, 0.4) is 0 Å². The van der Waals surface area contributed by atoms with Crippen LogP contribution in [0.2, 0.25) is 5.02 Å². The van der Waals surface area contributed by atoms with Crippen LogP contribution in [0.15, 0.2) is 55.1 Å². The second-order valence-electron chi connectivity index (χ2n) is 6.74. The Morgan fingerprint density at radius 2 is 2.24 bits per heavy atom. The van der Waals surface area contributed by atoms with Gasteiger partial charge in [0.05, 0.1) is 23.5 Å². The summed E-state index contributed by atoms with van der Waals surface area (Å²) in [4.78, 5) is 18.1. The van der Waals surface area contributed by atoms with Crippen LogP contribution < -0.4 is 10.1 Å². The van der Waals surface area contributed by atoms with Crippen LogP contribution in [0.4, 0.5) is 9.18 Å².